The van der Waals surface area contributed by atoms with E-state index in [4.69, 9.17) is 0 Å². The molecule has 0 aliphatic heterocycles. The third-order valence-corrected chi connectivity index (χ3v) is 2.89. The van der Waals surface area contributed by atoms with Crippen molar-refractivity contribution in [2.75, 3.05) is 0 Å². The average Bonchev–Trinajstić information content (AvgIpc) is 2.44. The number of carboxylic acid groups (broad SMARTS) is 1. The van der Waals surface area contributed by atoms with Crippen LogP contribution in [0.4, 0.5) is 0 Å². The van der Waals surface area contributed by atoms with Gasteiger partial charge in [0, 0.05) is 26.0 Å². The minimum absolute atomic E-state index is 0. The SMILES string of the molecule is CC(C)(C)N=[C-]c1ccccc1-c1ccccc1C(=O)O.[Pd]. The van der Waals surface area contributed by atoms with E-state index in [1.54, 1.807) is 18.2 Å². The van der Waals surface area contributed by atoms with Gasteiger partial charge in [0.2, 0.25) is 0 Å². The van der Waals surface area contributed by atoms with Gasteiger partial charge < -0.3 is 10.1 Å². The standard InChI is InChI=1S/C18H18NO2.Pd/c1-18(2,3)19-12-13-8-4-5-9-14(13)15-10-6-7-11-16(15)17(20)21;/h4-11H,1-3H3,(H,20,21);/q-1;. The molecule has 2 aromatic rings. The van der Waals surface area contributed by atoms with E-state index >= 15 is 0 Å². The van der Waals surface area contributed by atoms with Crippen molar-refractivity contribution >= 4 is 12.2 Å². The quantitative estimate of drug-likeness (QED) is 0.489. The molecule has 0 saturated heterocycles. The summed E-state index contributed by atoms with van der Waals surface area (Å²) in [4.78, 5) is 15.8. The summed E-state index contributed by atoms with van der Waals surface area (Å²) in [5, 5.41) is 9.33. The number of hydrogen-bond donors (Lipinski definition) is 1. The molecule has 2 rings (SSSR count). The van der Waals surface area contributed by atoms with E-state index in [2.05, 4.69) is 11.2 Å². The Labute approximate surface area is 144 Å². The number of aliphatic imine (C=N–C) groups is 1. The van der Waals surface area contributed by atoms with Gasteiger partial charge in [0.15, 0.2) is 0 Å². The summed E-state index contributed by atoms with van der Waals surface area (Å²) >= 11 is 0. The van der Waals surface area contributed by atoms with Crippen LogP contribution in [0.3, 0.4) is 0 Å². The molecule has 0 spiro atoms. The van der Waals surface area contributed by atoms with E-state index in [1.807, 2.05) is 51.1 Å². The normalized spacial score (nSPS) is 11.2. The van der Waals surface area contributed by atoms with Gasteiger partial charge in [0.05, 0.1) is 5.56 Å². The average molecular weight is 387 g/mol. The van der Waals surface area contributed by atoms with Crippen molar-refractivity contribution in [2.24, 2.45) is 4.99 Å². The van der Waals surface area contributed by atoms with Gasteiger partial charge >= 0.3 is 5.97 Å². The minimum Gasteiger partial charge on any atom is -0.478 e. The first-order valence-electron chi connectivity index (χ1n) is 6.78. The number of aromatic carboxylic acids is 1. The molecule has 2 aromatic carbocycles. The van der Waals surface area contributed by atoms with Gasteiger partial charge in [-0.15, -0.1) is 17.7 Å². The van der Waals surface area contributed by atoms with E-state index in [1.165, 1.54) is 0 Å². The fraction of sp³-hybridized carbons (Fsp3) is 0.222. The van der Waals surface area contributed by atoms with Gasteiger partial charge in [-0.05, 0) is 26.8 Å². The van der Waals surface area contributed by atoms with Gasteiger partial charge in [0.25, 0.3) is 0 Å². The number of carbonyl (C=O) groups is 1. The summed E-state index contributed by atoms with van der Waals surface area (Å²) in [6.45, 7) is 5.98. The molecule has 0 radical (unpaired) electrons. The molecule has 1 N–H and O–H groups in total. The Balaban J connectivity index is 0.00000242. The van der Waals surface area contributed by atoms with Crippen molar-refractivity contribution in [2.45, 2.75) is 26.3 Å². The third kappa shape index (κ3) is 4.63. The van der Waals surface area contributed by atoms with Crippen molar-refractivity contribution in [3.8, 4) is 11.1 Å². The number of benzene rings is 2. The summed E-state index contributed by atoms with van der Waals surface area (Å²) in [5.74, 6) is -0.937. The van der Waals surface area contributed by atoms with Crippen LogP contribution in [0.2, 0.25) is 0 Å². The van der Waals surface area contributed by atoms with E-state index < -0.39 is 5.97 Å². The zero-order valence-electron chi connectivity index (χ0n) is 12.7. The monoisotopic (exact) mass is 386 g/mol. The maximum atomic E-state index is 11.4. The summed E-state index contributed by atoms with van der Waals surface area (Å²) in [6, 6.07) is 14.5. The number of nitrogens with zero attached hydrogens (tertiary/aromatic N) is 1. The van der Waals surface area contributed by atoms with Crippen LogP contribution in [0, 0.1) is 0 Å². The molecule has 22 heavy (non-hydrogen) atoms. The second-order valence-corrected chi connectivity index (χ2v) is 5.79. The van der Waals surface area contributed by atoms with Crippen molar-refractivity contribution < 1.29 is 30.3 Å². The Bertz CT molecular complexity index is 687. The van der Waals surface area contributed by atoms with Gasteiger partial charge in [-0.3, -0.25) is 0 Å². The molecule has 0 bridgehead atoms. The maximum absolute atomic E-state index is 11.4. The van der Waals surface area contributed by atoms with Crippen molar-refractivity contribution in [3.05, 3.63) is 59.7 Å². The van der Waals surface area contributed by atoms with Crippen LogP contribution < -0.4 is 0 Å². The van der Waals surface area contributed by atoms with Gasteiger partial charge in [-0.25, -0.2) is 4.79 Å². The summed E-state index contributed by atoms with van der Waals surface area (Å²) < 4.78 is 0. The van der Waals surface area contributed by atoms with Gasteiger partial charge in [0.1, 0.15) is 0 Å². The molecule has 0 atom stereocenters. The zero-order chi connectivity index (χ0) is 15.5. The Morgan fingerprint density at radius 3 is 2.14 bits per heavy atom. The topological polar surface area (TPSA) is 49.7 Å². The van der Waals surface area contributed by atoms with Crippen LogP contribution in [-0.4, -0.2) is 22.8 Å². The fourth-order valence-corrected chi connectivity index (χ4v) is 1.95. The molecule has 0 saturated carbocycles. The minimum atomic E-state index is -0.937. The predicted molar refractivity (Wildman–Crippen MR) is 85.1 cm³/mol. The third-order valence-electron chi connectivity index (χ3n) is 2.89. The van der Waals surface area contributed by atoms with Crippen LogP contribution in [0.25, 0.3) is 11.1 Å². The Hall–Kier alpha value is -1.76. The van der Waals surface area contributed by atoms with Crippen LogP contribution in [0.5, 0.6) is 0 Å². The van der Waals surface area contributed by atoms with Gasteiger partial charge in [-0.2, -0.15) is 11.6 Å². The molecule has 0 heterocycles. The van der Waals surface area contributed by atoms with Crippen LogP contribution in [0.15, 0.2) is 53.5 Å². The van der Waals surface area contributed by atoms with E-state index in [0.29, 0.717) is 5.56 Å². The molecular weight excluding hydrogens is 369 g/mol. The Morgan fingerprint density at radius 1 is 1.00 bits per heavy atom. The second kappa shape index (κ2) is 7.49. The summed E-state index contributed by atoms with van der Waals surface area (Å²) in [6.07, 6.45) is 3.05. The van der Waals surface area contributed by atoms with E-state index in [9.17, 15) is 9.90 Å². The molecule has 0 fully saturated rings. The molecule has 3 nitrogen and oxygen atoms in total. The second-order valence-electron chi connectivity index (χ2n) is 5.79. The molecule has 0 aliphatic carbocycles. The first kappa shape index (κ1) is 18.3. The fourth-order valence-electron chi connectivity index (χ4n) is 1.95. The van der Waals surface area contributed by atoms with Crippen LogP contribution in [-0.2, 0) is 20.4 Å². The van der Waals surface area contributed by atoms with E-state index in [0.717, 1.165) is 11.1 Å². The van der Waals surface area contributed by atoms with E-state index in [-0.39, 0.29) is 31.5 Å². The number of carboxylic acids is 1. The predicted octanol–water partition coefficient (Wildman–Crippen LogP) is 4.14. The van der Waals surface area contributed by atoms with Crippen molar-refractivity contribution in [3.63, 3.8) is 0 Å². The van der Waals surface area contributed by atoms with Gasteiger partial charge in [-0.1, -0.05) is 36.0 Å². The molecule has 118 valence electrons. The maximum Gasteiger partial charge on any atom is 0.335 e. The first-order valence-corrected chi connectivity index (χ1v) is 6.78. The summed E-state index contributed by atoms with van der Waals surface area (Å²) in [5.41, 5.74) is 2.35. The number of rotatable bonds is 3. The molecule has 4 heteroatoms. The Kier molecular flexibility index (Phi) is 6.23. The zero-order valence-corrected chi connectivity index (χ0v) is 14.3. The molecule has 0 unspecified atom stereocenters. The Morgan fingerprint density at radius 2 is 1.55 bits per heavy atom. The molecular formula is C18H18NO2Pd-. The number of hydrogen-bond acceptors (Lipinski definition) is 2. The molecule has 0 aliphatic rings. The summed E-state index contributed by atoms with van der Waals surface area (Å²) in [7, 11) is 0. The van der Waals surface area contributed by atoms with Crippen molar-refractivity contribution in [1.82, 2.24) is 0 Å². The van der Waals surface area contributed by atoms with Crippen LogP contribution in [0.1, 0.15) is 36.7 Å². The molecule has 0 amide bonds. The largest absolute Gasteiger partial charge is 0.478 e. The molecule has 0 aromatic heterocycles. The van der Waals surface area contributed by atoms with Crippen LogP contribution >= 0.6 is 0 Å². The van der Waals surface area contributed by atoms with Crippen molar-refractivity contribution in [1.29, 1.82) is 0 Å². The first-order chi connectivity index (χ1) is 9.88. The smallest absolute Gasteiger partial charge is 0.335 e.